The van der Waals surface area contributed by atoms with Gasteiger partial charge in [0.05, 0.1) is 0 Å². The van der Waals surface area contributed by atoms with Crippen LogP contribution in [0, 0.1) is 0 Å². The van der Waals surface area contributed by atoms with Crippen molar-refractivity contribution in [2.24, 2.45) is 0 Å². The fourth-order valence-corrected chi connectivity index (χ4v) is 9.98. The molecule has 0 spiro atoms. The minimum Gasteiger partial charge on any atom is -0.102 e. The number of hydrogen-bond donors (Lipinski definition) is 0. The summed E-state index contributed by atoms with van der Waals surface area (Å²) in [5.74, 6) is 0. The second kappa shape index (κ2) is 9.39. The fraction of sp³-hybridized carbons (Fsp3) is 1.00. The molecule has 0 saturated heterocycles. The van der Waals surface area contributed by atoms with Crippen LogP contribution < -0.4 is 0 Å². The molecule has 0 heterocycles. The van der Waals surface area contributed by atoms with Crippen LogP contribution in [0.5, 0.6) is 0 Å². The van der Waals surface area contributed by atoms with Crippen LogP contribution in [0.1, 0.15) is 89.9 Å². The minimum absolute atomic E-state index is 0. The van der Waals surface area contributed by atoms with Gasteiger partial charge in [-0.25, -0.2) is 0 Å². The Morgan fingerprint density at radius 2 is 0.955 bits per heavy atom. The molecule has 0 unspecified atom stereocenters. The van der Waals surface area contributed by atoms with Gasteiger partial charge >= 0.3 is 20.4 Å². The normalized spacial score (nSPS) is 28.5. The topological polar surface area (TPSA) is 0 Å². The summed E-state index contributed by atoms with van der Waals surface area (Å²) in [5.41, 5.74) is 3.15. The second-order valence-electron chi connectivity index (χ2n) is 7.62. The van der Waals surface area contributed by atoms with Crippen LogP contribution >= 0.6 is 31.1 Å². The summed E-state index contributed by atoms with van der Waals surface area (Å²) in [7, 11) is 0.226. The first-order chi connectivity index (χ1) is 10.2. The Labute approximate surface area is 162 Å². The van der Waals surface area contributed by atoms with Gasteiger partial charge in [0.15, 0.2) is 0 Å². The van der Waals surface area contributed by atoms with Crippen molar-refractivity contribution in [3.63, 3.8) is 0 Å². The first kappa shape index (κ1) is 20.0. The van der Waals surface area contributed by atoms with Crippen LogP contribution in [0.25, 0.3) is 0 Å². The molecule has 0 radical (unpaired) electrons. The summed E-state index contributed by atoms with van der Waals surface area (Å²) >= 11 is 12.8. The van der Waals surface area contributed by atoms with Gasteiger partial charge in [0.2, 0.25) is 0 Å². The number of halogens is 2. The molecule has 130 valence electrons. The van der Waals surface area contributed by atoms with E-state index in [-0.39, 0.29) is 28.3 Å². The van der Waals surface area contributed by atoms with Gasteiger partial charge in [-0.3, -0.25) is 0 Å². The molecule has 0 aromatic rings. The van der Waals surface area contributed by atoms with E-state index in [0.29, 0.717) is 0 Å². The van der Waals surface area contributed by atoms with Gasteiger partial charge < -0.3 is 0 Å². The van der Waals surface area contributed by atoms with E-state index in [1.54, 1.807) is 0 Å². The second-order valence-corrected chi connectivity index (χ2v) is 12.3. The standard InChI is InChI=1S/C18H31Cl2P.Pd/c19-18(20)13-11-17(12-14-18)21(15-7-3-1-4-8-15)16-9-5-2-6-10-16;/h15-17H,1-14H2;/q;+2. The molecule has 0 nitrogen and oxygen atoms in total. The minimum atomic E-state index is -0.406. The van der Waals surface area contributed by atoms with E-state index in [4.69, 9.17) is 23.2 Å². The summed E-state index contributed by atoms with van der Waals surface area (Å²) < 4.78 is -0.406. The van der Waals surface area contributed by atoms with Gasteiger partial charge in [-0.1, -0.05) is 46.4 Å². The van der Waals surface area contributed by atoms with E-state index in [1.165, 1.54) is 77.0 Å². The third-order valence-corrected chi connectivity index (χ3v) is 10.9. The summed E-state index contributed by atoms with van der Waals surface area (Å²) in [4.78, 5) is 0. The zero-order valence-corrected chi connectivity index (χ0v) is 17.6. The molecule has 0 aliphatic heterocycles. The van der Waals surface area contributed by atoms with Crippen molar-refractivity contribution in [3.05, 3.63) is 0 Å². The molecule has 4 heteroatoms. The van der Waals surface area contributed by atoms with Crippen LogP contribution in [0.15, 0.2) is 0 Å². The maximum Gasteiger partial charge on any atom is 2.00 e. The number of alkyl halides is 2. The van der Waals surface area contributed by atoms with Crippen molar-refractivity contribution in [2.45, 2.75) is 111 Å². The van der Waals surface area contributed by atoms with E-state index in [9.17, 15) is 0 Å². The molecule has 0 bridgehead atoms. The SMILES string of the molecule is ClC1(Cl)CCC(P(C2CCCCC2)C2CCCCC2)CC1.[Pd+2]. The van der Waals surface area contributed by atoms with Crippen molar-refractivity contribution in [3.8, 4) is 0 Å². The summed E-state index contributed by atoms with van der Waals surface area (Å²) in [6.07, 6.45) is 19.8. The van der Waals surface area contributed by atoms with E-state index >= 15 is 0 Å². The predicted octanol–water partition coefficient (Wildman–Crippen LogP) is 7.25. The van der Waals surface area contributed by atoms with Crippen LogP contribution in [0.3, 0.4) is 0 Å². The predicted molar refractivity (Wildman–Crippen MR) is 97.4 cm³/mol. The zero-order valence-electron chi connectivity index (χ0n) is 13.7. The van der Waals surface area contributed by atoms with E-state index < -0.39 is 4.33 Å². The van der Waals surface area contributed by atoms with E-state index in [1.807, 2.05) is 0 Å². The quantitative estimate of drug-likeness (QED) is 0.239. The van der Waals surface area contributed by atoms with Crippen molar-refractivity contribution in [2.75, 3.05) is 0 Å². The zero-order chi connectivity index (χ0) is 14.7. The Kier molecular flexibility index (Phi) is 8.53. The molecule has 0 aromatic heterocycles. The summed E-state index contributed by atoms with van der Waals surface area (Å²) in [6.45, 7) is 0. The Hall–Kier alpha value is 1.67. The smallest absolute Gasteiger partial charge is 0.102 e. The Morgan fingerprint density at radius 1 is 0.591 bits per heavy atom. The fourth-order valence-electron chi connectivity index (χ4n) is 4.98. The Balaban J connectivity index is 0.00000176. The molecular weight excluding hydrogens is 424 g/mol. The average Bonchev–Trinajstić information content (AvgIpc) is 2.51. The third kappa shape index (κ3) is 5.33. The van der Waals surface area contributed by atoms with E-state index in [0.717, 1.165) is 29.8 Å². The maximum atomic E-state index is 6.39. The van der Waals surface area contributed by atoms with Crippen molar-refractivity contribution < 1.29 is 20.4 Å². The largest absolute Gasteiger partial charge is 2.00 e. The molecule has 3 saturated carbocycles. The molecule has 22 heavy (non-hydrogen) atoms. The van der Waals surface area contributed by atoms with Gasteiger partial charge in [-0.2, -0.15) is 0 Å². The van der Waals surface area contributed by atoms with Gasteiger partial charge in [-0.05, 0) is 68.3 Å². The molecule has 3 rings (SSSR count). The first-order valence-electron chi connectivity index (χ1n) is 9.31. The molecule has 0 atom stereocenters. The number of hydrogen-bond acceptors (Lipinski definition) is 0. The Morgan fingerprint density at radius 3 is 1.36 bits per heavy atom. The molecular formula is C18H31Cl2PPd+2. The van der Waals surface area contributed by atoms with Crippen LogP contribution in [-0.4, -0.2) is 21.3 Å². The average molecular weight is 456 g/mol. The number of rotatable bonds is 3. The molecule has 3 aliphatic rings. The Bertz CT molecular complexity index is 297. The maximum absolute atomic E-state index is 6.39. The van der Waals surface area contributed by atoms with Crippen LogP contribution in [-0.2, 0) is 20.4 Å². The summed E-state index contributed by atoms with van der Waals surface area (Å²) in [5, 5.41) is 0. The molecule has 0 aromatic carbocycles. The van der Waals surface area contributed by atoms with Crippen LogP contribution in [0.4, 0.5) is 0 Å². The molecule has 0 N–H and O–H groups in total. The molecule has 3 fully saturated rings. The van der Waals surface area contributed by atoms with Crippen LogP contribution in [0.2, 0.25) is 0 Å². The van der Waals surface area contributed by atoms with Gasteiger partial charge in [0.1, 0.15) is 4.33 Å². The van der Waals surface area contributed by atoms with Crippen molar-refractivity contribution >= 4 is 31.1 Å². The van der Waals surface area contributed by atoms with Gasteiger partial charge in [0.25, 0.3) is 0 Å². The molecule has 0 amide bonds. The van der Waals surface area contributed by atoms with E-state index in [2.05, 4.69) is 0 Å². The third-order valence-electron chi connectivity index (χ3n) is 6.10. The van der Waals surface area contributed by atoms with Crippen molar-refractivity contribution in [1.82, 2.24) is 0 Å². The monoisotopic (exact) mass is 454 g/mol. The van der Waals surface area contributed by atoms with Gasteiger partial charge in [-0.15, -0.1) is 23.2 Å². The molecule has 3 aliphatic carbocycles. The first-order valence-corrected chi connectivity index (χ1v) is 11.6. The summed E-state index contributed by atoms with van der Waals surface area (Å²) in [6, 6.07) is 0. The van der Waals surface area contributed by atoms with Crippen molar-refractivity contribution in [1.29, 1.82) is 0 Å². The van der Waals surface area contributed by atoms with Gasteiger partial charge in [0, 0.05) is 0 Å².